The molecular formula is C19H22N2O3. The maximum Gasteiger partial charge on any atom is 0.407 e. The highest BCUT2D eigenvalue weighted by molar-refractivity contribution is 5.91. The smallest absolute Gasteiger partial charge is 0.407 e. The number of hydrogen-bond acceptors (Lipinski definition) is 2. The van der Waals surface area contributed by atoms with Crippen molar-refractivity contribution < 1.29 is 14.7 Å². The predicted octanol–water partition coefficient (Wildman–Crippen LogP) is 3.72. The highest BCUT2D eigenvalue weighted by atomic mass is 16.4. The van der Waals surface area contributed by atoms with Crippen LogP contribution in [-0.4, -0.2) is 40.0 Å². The van der Waals surface area contributed by atoms with Crippen LogP contribution in [0.2, 0.25) is 0 Å². The summed E-state index contributed by atoms with van der Waals surface area (Å²) in [4.78, 5) is 24.1. The first-order valence-electron chi connectivity index (χ1n) is 8.72. The van der Waals surface area contributed by atoms with Crippen molar-refractivity contribution in [2.45, 2.75) is 38.1 Å². The maximum atomic E-state index is 11.5. The average molecular weight is 326 g/mol. The average Bonchev–Trinajstić information content (AvgIpc) is 3.35. The molecule has 1 N–H and O–H groups in total. The van der Waals surface area contributed by atoms with E-state index in [2.05, 4.69) is 22.8 Å². The van der Waals surface area contributed by atoms with E-state index in [0.29, 0.717) is 24.9 Å². The normalized spacial score (nSPS) is 18.9. The van der Waals surface area contributed by atoms with Gasteiger partial charge < -0.3 is 14.6 Å². The van der Waals surface area contributed by atoms with Crippen LogP contribution in [0.25, 0.3) is 10.9 Å². The molecule has 0 atom stereocenters. The van der Waals surface area contributed by atoms with Gasteiger partial charge in [-0.3, -0.25) is 4.79 Å². The lowest BCUT2D eigenvalue weighted by Crippen LogP contribution is -2.36. The Balaban J connectivity index is 1.71. The van der Waals surface area contributed by atoms with Crippen molar-refractivity contribution in [1.29, 1.82) is 0 Å². The number of benzene rings is 1. The minimum Gasteiger partial charge on any atom is -0.465 e. The van der Waals surface area contributed by atoms with E-state index in [0.717, 1.165) is 36.8 Å². The Kier molecular flexibility index (Phi) is 3.79. The van der Waals surface area contributed by atoms with Crippen molar-refractivity contribution in [2.75, 3.05) is 13.1 Å². The number of fused-ring (bicyclic) bond motifs is 1. The topological polar surface area (TPSA) is 62.5 Å². The fourth-order valence-electron chi connectivity index (χ4n) is 3.94. The third-order valence-electron chi connectivity index (χ3n) is 5.45. The molecule has 5 heteroatoms. The number of hydrogen-bond donors (Lipinski definition) is 1. The van der Waals surface area contributed by atoms with Gasteiger partial charge in [0.05, 0.1) is 11.2 Å². The van der Waals surface area contributed by atoms with Gasteiger partial charge in [0.25, 0.3) is 0 Å². The number of rotatable bonds is 4. The van der Waals surface area contributed by atoms with E-state index in [1.165, 1.54) is 28.8 Å². The molecule has 1 amide bonds. The standard InChI is InChI=1S/C19H22N2O3/c22-12-16-10-15-2-1-3-17(18(15)21(16)11-13-4-5-13)14-6-8-20(9-7-14)19(23)24/h1-3,10,12-14H,4-9,11H2,(H,23,24). The van der Waals surface area contributed by atoms with Crippen LogP contribution in [0.1, 0.15) is 47.7 Å². The van der Waals surface area contributed by atoms with Crippen molar-refractivity contribution in [1.82, 2.24) is 9.47 Å². The van der Waals surface area contributed by atoms with E-state index in [1.54, 1.807) is 0 Å². The second-order valence-corrected chi connectivity index (χ2v) is 7.07. The number of para-hydroxylation sites is 1. The van der Waals surface area contributed by atoms with Crippen LogP contribution < -0.4 is 0 Å². The van der Waals surface area contributed by atoms with Crippen LogP contribution in [0.4, 0.5) is 4.79 Å². The third kappa shape index (κ3) is 2.68. The third-order valence-corrected chi connectivity index (χ3v) is 5.45. The Morgan fingerprint density at radius 3 is 2.58 bits per heavy atom. The lowest BCUT2D eigenvalue weighted by atomic mass is 9.88. The summed E-state index contributed by atoms with van der Waals surface area (Å²) in [6.45, 7) is 2.09. The van der Waals surface area contributed by atoms with E-state index in [9.17, 15) is 9.59 Å². The molecule has 1 aromatic heterocycles. The Morgan fingerprint density at radius 2 is 1.96 bits per heavy atom. The van der Waals surface area contributed by atoms with Crippen molar-refractivity contribution >= 4 is 23.3 Å². The van der Waals surface area contributed by atoms with Crippen LogP contribution >= 0.6 is 0 Å². The molecule has 1 saturated heterocycles. The van der Waals surface area contributed by atoms with Gasteiger partial charge >= 0.3 is 6.09 Å². The molecule has 1 aromatic carbocycles. The molecule has 2 heterocycles. The molecule has 0 radical (unpaired) electrons. The van der Waals surface area contributed by atoms with Gasteiger partial charge in [0.2, 0.25) is 0 Å². The van der Waals surface area contributed by atoms with E-state index >= 15 is 0 Å². The summed E-state index contributed by atoms with van der Waals surface area (Å²) in [7, 11) is 0. The SMILES string of the molecule is O=Cc1cc2cccc(C3CCN(C(=O)O)CC3)c2n1CC1CC1. The second-order valence-electron chi connectivity index (χ2n) is 7.07. The van der Waals surface area contributed by atoms with Crippen LogP contribution in [-0.2, 0) is 6.54 Å². The van der Waals surface area contributed by atoms with Crippen LogP contribution in [0.5, 0.6) is 0 Å². The fourth-order valence-corrected chi connectivity index (χ4v) is 3.94. The van der Waals surface area contributed by atoms with E-state index in [-0.39, 0.29) is 0 Å². The molecule has 0 bridgehead atoms. The van der Waals surface area contributed by atoms with Crippen molar-refractivity contribution in [2.24, 2.45) is 5.92 Å². The molecule has 2 fully saturated rings. The molecular weight excluding hydrogens is 304 g/mol. The summed E-state index contributed by atoms with van der Waals surface area (Å²) in [5.41, 5.74) is 3.21. The Morgan fingerprint density at radius 1 is 1.21 bits per heavy atom. The number of aromatic nitrogens is 1. The van der Waals surface area contributed by atoms with Crippen molar-refractivity contribution in [3.05, 3.63) is 35.5 Å². The van der Waals surface area contributed by atoms with Crippen LogP contribution in [0.3, 0.4) is 0 Å². The summed E-state index contributed by atoms with van der Waals surface area (Å²) in [6, 6.07) is 8.26. The van der Waals surface area contributed by atoms with Crippen LogP contribution in [0.15, 0.2) is 24.3 Å². The number of aldehydes is 1. The first-order chi connectivity index (χ1) is 11.7. The largest absolute Gasteiger partial charge is 0.465 e. The highest BCUT2D eigenvalue weighted by Gasteiger charge is 2.28. The summed E-state index contributed by atoms with van der Waals surface area (Å²) in [6.07, 6.45) is 4.31. The number of piperidine rings is 1. The van der Waals surface area contributed by atoms with E-state index in [4.69, 9.17) is 5.11 Å². The molecule has 4 rings (SSSR count). The van der Waals surface area contributed by atoms with Crippen LogP contribution in [0, 0.1) is 5.92 Å². The monoisotopic (exact) mass is 326 g/mol. The summed E-state index contributed by atoms with van der Waals surface area (Å²) in [5, 5.41) is 10.3. The van der Waals surface area contributed by atoms with Gasteiger partial charge in [-0.15, -0.1) is 0 Å². The Bertz CT molecular complexity index is 783. The van der Waals surface area contributed by atoms with Gasteiger partial charge in [0.15, 0.2) is 6.29 Å². The lowest BCUT2D eigenvalue weighted by Gasteiger charge is -2.30. The number of carbonyl (C=O) groups is 2. The molecule has 2 aliphatic rings. The quantitative estimate of drug-likeness (QED) is 0.871. The number of carbonyl (C=O) groups excluding carboxylic acids is 1. The molecule has 0 spiro atoms. The summed E-state index contributed by atoms with van der Waals surface area (Å²) in [5.74, 6) is 1.05. The molecule has 126 valence electrons. The molecule has 1 aliphatic heterocycles. The molecule has 0 unspecified atom stereocenters. The molecule has 24 heavy (non-hydrogen) atoms. The van der Waals surface area contributed by atoms with Gasteiger partial charge in [-0.1, -0.05) is 18.2 Å². The van der Waals surface area contributed by atoms with Crippen molar-refractivity contribution in [3.63, 3.8) is 0 Å². The lowest BCUT2D eigenvalue weighted by molar-refractivity contribution is 0.111. The van der Waals surface area contributed by atoms with Gasteiger partial charge in [0.1, 0.15) is 0 Å². The maximum absolute atomic E-state index is 11.5. The van der Waals surface area contributed by atoms with Gasteiger partial charge in [-0.05, 0) is 49.1 Å². The number of amides is 1. The molecule has 2 aromatic rings. The van der Waals surface area contributed by atoms with Crippen molar-refractivity contribution in [3.8, 4) is 0 Å². The van der Waals surface area contributed by atoms with Gasteiger partial charge in [-0.2, -0.15) is 0 Å². The second kappa shape index (κ2) is 5.96. The minimum atomic E-state index is -0.827. The summed E-state index contributed by atoms with van der Waals surface area (Å²) >= 11 is 0. The molecule has 1 saturated carbocycles. The molecule has 1 aliphatic carbocycles. The number of nitrogens with zero attached hydrogens (tertiary/aromatic N) is 2. The zero-order chi connectivity index (χ0) is 16.7. The Labute approximate surface area is 140 Å². The fraction of sp³-hybridized carbons (Fsp3) is 0.474. The number of carboxylic acid groups (broad SMARTS) is 1. The first kappa shape index (κ1) is 15.2. The van der Waals surface area contributed by atoms with Gasteiger partial charge in [-0.25, -0.2) is 4.79 Å². The number of likely N-dealkylation sites (tertiary alicyclic amines) is 1. The van der Waals surface area contributed by atoms with E-state index in [1.807, 2.05) is 6.07 Å². The zero-order valence-electron chi connectivity index (χ0n) is 13.6. The van der Waals surface area contributed by atoms with Gasteiger partial charge in [0, 0.05) is 25.0 Å². The van der Waals surface area contributed by atoms with E-state index < -0.39 is 6.09 Å². The molecule has 5 nitrogen and oxygen atoms in total. The minimum absolute atomic E-state index is 0.358. The highest BCUT2D eigenvalue weighted by Crippen LogP contribution is 2.37. The summed E-state index contributed by atoms with van der Waals surface area (Å²) < 4.78 is 2.19. The predicted molar refractivity (Wildman–Crippen MR) is 91.6 cm³/mol. The Hall–Kier alpha value is -2.30. The zero-order valence-corrected chi connectivity index (χ0v) is 13.6. The first-order valence-corrected chi connectivity index (χ1v) is 8.72.